The number of sulfonamides is 2. The molecule has 0 fully saturated rings. The number of nitrogens with one attached hydrogen (secondary N) is 3. The van der Waals surface area contributed by atoms with Gasteiger partial charge in [-0.15, -0.1) is 0 Å². The standard InChI is InChI=1S/C24H21N5O4S2/c25-15-1-7-19(8-2-15)34(30,31)28-17-5-11-23-21(13-17)22-14-18(6-12-24(22)27-23)29-35(32,33)20-9-3-16(26)4-10-20/h1-14,27-29H,25-26H2. The predicted molar refractivity (Wildman–Crippen MR) is 139 cm³/mol. The third-order valence-corrected chi connectivity index (χ3v) is 8.28. The number of nitrogen functional groups attached to an aromatic ring is 2. The minimum Gasteiger partial charge on any atom is -0.399 e. The summed E-state index contributed by atoms with van der Waals surface area (Å²) in [6.45, 7) is 0. The first-order valence-corrected chi connectivity index (χ1v) is 13.4. The molecule has 0 spiro atoms. The van der Waals surface area contributed by atoms with Crippen molar-refractivity contribution < 1.29 is 16.8 Å². The van der Waals surface area contributed by atoms with Gasteiger partial charge in [-0.2, -0.15) is 0 Å². The molecule has 0 aliphatic rings. The molecule has 5 rings (SSSR count). The first-order valence-electron chi connectivity index (χ1n) is 10.4. The van der Waals surface area contributed by atoms with Gasteiger partial charge >= 0.3 is 0 Å². The van der Waals surface area contributed by atoms with Crippen molar-refractivity contribution in [2.75, 3.05) is 20.9 Å². The Balaban J connectivity index is 1.49. The molecule has 9 nitrogen and oxygen atoms in total. The van der Waals surface area contributed by atoms with E-state index in [0.717, 1.165) is 21.8 Å². The second-order valence-corrected chi connectivity index (χ2v) is 11.4. The average Bonchev–Trinajstić information content (AvgIpc) is 3.16. The van der Waals surface area contributed by atoms with Crippen molar-refractivity contribution in [3.05, 3.63) is 84.9 Å². The Labute approximate surface area is 201 Å². The molecule has 0 aliphatic heterocycles. The minimum absolute atomic E-state index is 0.0880. The van der Waals surface area contributed by atoms with E-state index in [4.69, 9.17) is 11.5 Å². The molecular weight excluding hydrogens is 486 g/mol. The van der Waals surface area contributed by atoms with Gasteiger partial charge in [0.1, 0.15) is 0 Å². The summed E-state index contributed by atoms with van der Waals surface area (Å²) in [7, 11) is -7.63. The molecule has 0 bridgehead atoms. The molecule has 5 aromatic rings. The van der Waals surface area contributed by atoms with Crippen LogP contribution < -0.4 is 20.9 Å². The number of fused-ring (bicyclic) bond motifs is 3. The number of hydrogen-bond donors (Lipinski definition) is 5. The summed E-state index contributed by atoms with van der Waals surface area (Å²) in [5.41, 5.74) is 14.5. The minimum atomic E-state index is -3.82. The third kappa shape index (κ3) is 4.46. The number of aromatic amines is 1. The molecule has 0 radical (unpaired) electrons. The van der Waals surface area contributed by atoms with Gasteiger partial charge < -0.3 is 16.5 Å². The van der Waals surface area contributed by atoms with Crippen LogP contribution in [0.4, 0.5) is 22.7 Å². The van der Waals surface area contributed by atoms with Gasteiger partial charge in [0, 0.05) is 44.6 Å². The van der Waals surface area contributed by atoms with Crippen LogP contribution in [0.5, 0.6) is 0 Å². The molecule has 0 saturated heterocycles. The zero-order valence-corrected chi connectivity index (χ0v) is 19.8. The maximum Gasteiger partial charge on any atom is 0.261 e. The molecule has 35 heavy (non-hydrogen) atoms. The van der Waals surface area contributed by atoms with E-state index in [1.165, 1.54) is 48.5 Å². The number of rotatable bonds is 6. The first kappa shape index (κ1) is 22.6. The van der Waals surface area contributed by atoms with Gasteiger partial charge in [0.05, 0.1) is 9.79 Å². The monoisotopic (exact) mass is 507 g/mol. The largest absolute Gasteiger partial charge is 0.399 e. The van der Waals surface area contributed by atoms with Crippen molar-refractivity contribution in [2.45, 2.75) is 9.79 Å². The number of hydrogen-bond acceptors (Lipinski definition) is 6. The van der Waals surface area contributed by atoms with Gasteiger partial charge in [-0.1, -0.05) is 0 Å². The summed E-state index contributed by atoms with van der Waals surface area (Å²) in [6, 6.07) is 22.0. The van der Waals surface area contributed by atoms with E-state index in [2.05, 4.69) is 14.4 Å². The fourth-order valence-corrected chi connectivity index (χ4v) is 5.85. The van der Waals surface area contributed by atoms with Gasteiger partial charge in [0.15, 0.2) is 0 Å². The highest BCUT2D eigenvalue weighted by Crippen LogP contribution is 2.31. The topological polar surface area (TPSA) is 160 Å². The molecule has 7 N–H and O–H groups in total. The van der Waals surface area contributed by atoms with E-state index in [1.807, 2.05) is 0 Å². The maximum atomic E-state index is 12.8. The van der Waals surface area contributed by atoms with Crippen molar-refractivity contribution in [1.82, 2.24) is 4.98 Å². The average molecular weight is 508 g/mol. The van der Waals surface area contributed by atoms with Crippen LogP contribution in [-0.2, 0) is 20.0 Å². The van der Waals surface area contributed by atoms with E-state index in [9.17, 15) is 16.8 Å². The summed E-state index contributed by atoms with van der Waals surface area (Å²) in [5, 5.41) is 1.46. The number of benzene rings is 4. The maximum absolute atomic E-state index is 12.8. The molecule has 0 aliphatic carbocycles. The summed E-state index contributed by atoms with van der Waals surface area (Å²) in [4.78, 5) is 3.43. The fraction of sp³-hybridized carbons (Fsp3) is 0. The number of nitrogens with two attached hydrogens (primary N) is 2. The summed E-state index contributed by atoms with van der Waals surface area (Å²) in [5.74, 6) is 0. The van der Waals surface area contributed by atoms with Crippen LogP contribution in [0.15, 0.2) is 94.7 Å². The van der Waals surface area contributed by atoms with E-state index < -0.39 is 20.0 Å². The second kappa shape index (κ2) is 8.22. The lowest BCUT2D eigenvalue weighted by molar-refractivity contribution is 0.599. The lowest BCUT2D eigenvalue weighted by atomic mass is 10.1. The van der Waals surface area contributed by atoms with Crippen LogP contribution in [0, 0.1) is 0 Å². The van der Waals surface area contributed by atoms with Gasteiger partial charge in [0.25, 0.3) is 20.0 Å². The lowest BCUT2D eigenvalue weighted by Crippen LogP contribution is -2.13. The molecule has 0 amide bonds. The summed E-state index contributed by atoms with van der Waals surface area (Å²) < 4.78 is 56.2. The van der Waals surface area contributed by atoms with Crippen LogP contribution in [0.25, 0.3) is 21.8 Å². The number of H-pyrrole nitrogens is 1. The Morgan fingerprint density at radius 1 is 0.543 bits per heavy atom. The van der Waals surface area contributed by atoms with E-state index in [1.54, 1.807) is 36.4 Å². The summed E-state index contributed by atoms with van der Waals surface area (Å²) >= 11 is 0. The van der Waals surface area contributed by atoms with Gasteiger partial charge in [0.2, 0.25) is 0 Å². The zero-order valence-electron chi connectivity index (χ0n) is 18.2. The molecule has 0 saturated carbocycles. The smallest absolute Gasteiger partial charge is 0.261 e. The Hall–Kier alpha value is -4.22. The quantitative estimate of drug-likeness (QED) is 0.218. The molecule has 4 aromatic carbocycles. The Bertz CT molecular complexity index is 1650. The van der Waals surface area contributed by atoms with Gasteiger partial charge in [-0.25, -0.2) is 16.8 Å². The highest BCUT2D eigenvalue weighted by molar-refractivity contribution is 7.93. The Morgan fingerprint density at radius 2 is 0.914 bits per heavy atom. The molecule has 0 atom stereocenters. The Morgan fingerprint density at radius 3 is 1.29 bits per heavy atom. The number of aromatic nitrogens is 1. The highest BCUT2D eigenvalue weighted by atomic mass is 32.2. The molecule has 178 valence electrons. The highest BCUT2D eigenvalue weighted by Gasteiger charge is 2.17. The predicted octanol–water partition coefficient (Wildman–Crippen LogP) is 4.09. The molecule has 1 heterocycles. The number of anilines is 4. The zero-order chi connectivity index (χ0) is 24.8. The van der Waals surface area contributed by atoms with Crippen molar-refractivity contribution >= 4 is 64.6 Å². The van der Waals surface area contributed by atoms with Crippen LogP contribution >= 0.6 is 0 Å². The summed E-state index contributed by atoms with van der Waals surface area (Å²) in [6.07, 6.45) is 0. The van der Waals surface area contributed by atoms with Crippen LogP contribution in [0.2, 0.25) is 0 Å². The SMILES string of the molecule is Nc1ccc(S(=O)(=O)Nc2ccc3[nH]c4ccc(NS(=O)(=O)c5ccc(N)cc5)cc4c3c2)cc1. The van der Waals surface area contributed by atoms with E-state index in [-0.39, 0.29) is 9.79 Å². The van der Waals surface area contributed by atoms with E-state index >= 15 is 0 Å². The van der Waals surface area contributed by atoms with Crippen LogP contribution in [0.3, 0.4) is 0 Å². The van der Waals surface area contributed by atoms with Crippen molar-refractivity contribution in [3.63, 3.8) is 0 Å². The lowest BCUT2D eigenvalue weighted by Gasteiger charge is -2.09. The molecule has 1 aromatic heterocycles. The normalized spacial score (nSPS) is 12.1. The molecule has 0 unspecified atom stereocenters. The van der Waals surface area contributed by atoms with Crippen molar-refractivity contribution in [2.24, 2.45) is 0 Å². The van der Waals surface area contributed by atoms with E-state index in [0.29, 0.717) is 22.7 Å². The van der Waals surface area contributed by atoms with Crippen molar-refractivity contribution in [3.8, 4) is 0 Å². The van der Waals surface area contributed by atoms with Crippen molar-refractivity contribution in [1.29, 1.82) is 0 Å². The van der Waals surface area contributed by atoms with Crippen LogP contribution in [-0.4, -0.2) is 21.8 Å². The fourth-order valence-electron chi connectivity index (χ4n) is 3.75. The van der Waals surface area contributed by atoms with Gasteiger partial charge in [-0.05, 0) is 84.9 Å². The van der Waals surface area contributed by atoms with Gasteiger partial charge in [-0.3, -0.25) is 9.44 Å². The Kier molecular flexibility index (Phi) is 5.30. The third-order valence-electron chi connectivity index (χ3n) is 5.48. The molecular formula is C24H21N5O4S2. The second-order valence-electron chi connectivity index (χ2n) is 7.99. The van der Waals surface area contributed by atoms with Crippen LogP contribution in [0.1, 0.15) is 0 Å². The first-order chi connectivity index (χ1) is 16.6. The molecule has 11 heteroatoms.